The van der Waals surface area contributed by atoms with E-state index in [0.29, 0.717) is 25.2 Å². The van der Waals surface area contributed by atoms with E-state index in [9.17, 15) is 18.0 Å². The number of nitrogens with one attached hydrogen (secondary N) is 1. The molecule has 0 bridgehead atoms. The Morgan fingerprint density at radius 3 is 2.57 bits per heavy atom. The predicted octanol–water partition coefficient (Wildman–Crippen LogP) is 2.47. The molecule has 1 fully saturated rings. The van der Waals surface area contributed by atoms with Gasteiger partial charge in [-0.05, 0) is 31.4 Å². The zero-order valence-corrected chi connectivity index (χ0v) is 11.7. The van der Waals surface area contributed by atoms with E-state index in [1.807, 2.05) is 6.92 Å². The second-order valence-electron chi connectivity index (χ2n) is 5.01. The van der Waals surface area contributed by atoms with Crippen LogP contribution in [0.1, 0.15) is 36.7 Å². The lowest BCUT2D eigenvalue weighted by Crippen LogP contribution is -2.40. The maximum atomic E-state index is 12.5. The topological polar surface area (TPSA) is 58.1 Å². The van der Waals surface area contributed by atoms with Crippen molar-refractivity contribution in [3.8, 4) is 0 Å². The van der Waals surface area contributed by atoms with Crippen molar-refractivity contribution in [1.82, 2.24) is 15.1 Å². The number of hydrogen-bond donors (Lipinski definition) is 1. The molecular weight excluding hydrogens is 285 g/mol. The molecule has 0 atom stereocenters. The predicted molar refractivity (Wildman–Crippen MR) is 70.9 cm³/mol. The summed E-state index contributed by atoms with van der Waals surface area (Å²) in [4.78, 5) is 13.0. The van der Waals surface area contributed by atoms with Crippen molar-refractivity contribution in [3.05, 3.63) is 17.8 Å². The number of halogens is 3. The molecule has 0 unspecified atom stereocenters. The van der Waals surface area contributed by atoms with Gasteiger partial charge in [0.05, 0.1) is 0 Å². The van der Waals surface area contributed by atoms with Crippen molar-refractivity contribution in [1.29, 1.82) is 0 Å². The summed E-state index contributed by atoms with van der Waals surface area (Å²) in [6, 6.07) is 2.62. The number of nitrogens with zero attached hydrogens (tertiary/aromatic N) is 3. The number of aromatic nitrogens is 2. The van der Waals surface area contributed by atoms with Gasteiger partial charge >= 0.3 is 6.18 Å². The van der Waals surface area contributed by atoms with Crippen LogP contribution in [0.3, 0.4) is 0 Å². The number of amides is 1. The third-order valence-corrected chi connectivity index (χ3v) is 3.04. The zero-order chi connectivity index (χ0) is 15.5. The summed E-state index contributed by atoms with van der Waals surface area (Å²) in [5, 5.41) is 10.5. The van der Waals surface area contributed by atoms with Gasteiger partial charge < -0.3 is 10.2 Å². The third-order valence-electron chi connectivity index (χ3n) is 3.04. The lowest BCUT2D eigenvalue weighted by Gasteiger charge is -2.23. The Balaban J connectivity index is 2.06. The summed E-state index contributed by atoms with van der Waals surface area (Å²) >= 11 is 0. The highest BCUT2D eigenvalue weighted by Crippen LogP contribution is 2.31. The quantitative estimate of drug-likeness (QED) is 0.877. The van der Waals surface area contributed by atoms with Gasteiger partial charge in [0.25, 0.3) is 5.91 Å². The molecule has 1 aliphatic rings. The Morgan fingerprint density at radius 2 is 2.10 bits per heavy atom. The van der Waals surface area contributed by atoms with Crippen LogP contribution in [0.5, 0.6) is 0 Å². The van der Waals surface area contributed by atoms with Crippen LogP contribution < -0.4 is 5.32 Å². The molecule has 0 radical (unpaired) electrons. The van der Waals surface area contributed by atoms with E-state index in [1.165, 1.54) is 6.07 Å². The highest BCUT2D eigenvalue weighted by molar-refractivity contribution is 5.92. The zero-order valence-electron chi connectivity index (χ0n) is 11.7. The van der Waals surface area contributed by atoms with Gasteiger partial charge in [0.1, 0.15) is 12.4 Å². The van der Waals surface area contributed by atoms with E-state index in [2.05, 4.69) is 15.5 Å². The van der Waals surface area contributed by atoms with Gasteiger partial charge in [-0.15, -0.1) is 10.2 Å². The van der Waals surface area contributed by atoms with Gasteiger partial charge in [0, 0.05) is 12.6 Å². The Hall–Kier alpha value is -1.86. The van der Waals surface area contributed by atoms with Gasteiger partial charge in [-0.25, -0.2) is 0 Å². The molecule has 21 heavy (non-hydrogen) atoms. The van der Waals surface area contributed by atoms with E-state index in [-0.39, 0.29) is 11.7 Å². The minimum Gasteiger partial charge on any atom is -0.369 e. The van der Waals surface area contributed by atoms with Crippen LogP contribution in [-0.2, 0) is 0 Å². The molecule has 2 rings (SSSR count). The lowest BCUT2D eigenvalue weighted by molar-refractivity contribution is -0.141. The Kier molecular flexibility index (Phi) is 4.64. The minimum absolute atomic E-state index is 0.0619. The fraction of sp³-hybridized carbons (Fsp3) is 0.615. The molecule has 1 aliphatic carbocycles. The Labute approximate surface area is 120 Å². The lowest BCUT2D eigenvalue weighted by atomic mass is 10.3. The first-order valence-electron chi connectivity index (χ1n) is 6.86. The molecule has 5 nitrogen and oxygen atoms in total. The second-order valence-corrected chi connectivity index (χ2v) is 5.01. The molecule has 8 heteroatoms. The summed E-state index contributed by atoms with van der Waals surface area (Å²) < 4.78 is 37.6. The normalized spacial score (nSPS) is 14.9. The Morgan fingerprint density at radius 1 is 1.38 bits per heavy atom. The minimum atomic E-state index is -4.41. The molecule has 1 amide bonds. The van der Waals surface area contributed by atoms with Gasteiger partial charge in [0.15, 0.2) is 5.69 Å². The summed E-state index contributed by atoms with van der Waals surface area (Å²) in [7, 11) is 0. The van der Waals surface area contributed by atoms with Crippen molar-refractivity contribution in [2.75, 3.05) is 18.4 Å². The molecule has 0 saturated heterocycles. The smallest absolute Gasteiger partial charge is 0.369 e. The van der Waals surface area contributed by atoms with Crippen molar-refractivity contribution < 1.29 is 18.0 Å². The fourth-order valence-corrected chi connectivity index (χ4v) is 1.89. The van der Waals surface area contributed by atoms with Crippen LogP contribution in [0, 0.1) is 0 Å². The summed E-state index contributed by atoms with van der Waals surface area (Å²) in [6.45, 7) is 1.46. The molecule has 0 aliphatic heterocycles. The summed E-state index contributed by atoms with van der Waals surface area (Å²) in [6.07, 6.45) is -2.30. The van der Waals surface area contributed by atoms with Crippen LogP contribution in [0.25, 0.3) is 0 Å². The van der Waals surface area contributed by atoms with Crippen LogP contribution in [-0.4, -0.2) is 46.3 Å². The number of carbonyl (C=O) groups is 1. The van der Waals surface area contributed by atoms with Gasteiger partial charge in [-0.2, -0.15) is 13.2 Å². The average molecular weight is 302 g/mol. The maximum Gasteiger partial charge on any atom is 0.406 e. The van der Waals surface area contributed by atoms with E-state index in [4.69, 9.17) is 0 Å². The van der Waals surface area contributed by atoms with Gasteiger partial charge in [0.2, 0.25) is 0 Å². The van der Waals surface area contributed by atoms with Gasteiger partial charge in [-0.1, -0.05) is 6.92 Å². The van der Waals surface area contributed by atoms with E-state index < -0.39 is 18.6 Å². The van der Waals surface area contributed by atoms with Crippen LogP contribution >= 0.6 is 0 Å². The first kappa shape index (κ1) is 15.5. The molecule has 0 spiro atoms. The number of anilines is 1. The molecule has 1 saturated carbocycles. The van der Waals surface area contributed by atoms with E-state index in [0.717, 1.165) is 11.3 Å². The standard InChI is InChI=1S/C13H17F3N4O/c1-2-7-17-11-6-5-10(18-19-11)12(21)20(9-3-4-9)8-13(14,15)16/h5-6,9H,2-4,7-8H2,1H3,(H,17,19). The van der Waals surface area contributed by atoms with E-state index >= 15 is 0 Å². The molecule has 0 aromatic carbocycles. The second kappa shape index (κ2) is 6.28. The van der Waals surface area contributed by atoms with Crippen molar-refractivity contribution in [2.45, 2.75) is 38.4 Å². The van der Waals surface area contributed by atoms with Crippen molar-refractivity contribution in [3.63, 3.8) is 0 Å². The monoisotopic (exact) mass is 302 g/mol. The first-order valence-corrected chi connectivity index (χ1v) is 6.86. The number of carbonyl (C=O) groups excluding carboxylic acids is 1. The molecule has 1 aromatic heterocycles. The molecule has 116 valence electrons. The number of hydrogen-bond acceptors (Lipinski definition) is 4. The summed E-state index contributed by atoms with van der Waals surface area (Å²) in [5.74, 6) is -0.216. The van der Waals surface area contributed by atoms with Crippen molar-refractivity contribution in [2.24, 2.45) is 0 Å². The largest absolute Gasteiger partial charge is 0.406 e. The average Bonchev–Trinajstić information content (AvgIpc) is 3.26. The molecular formula is C13H17F3N4O. The Bertz CT molecular complexity index is 485. The molecule has 1 aromatic rings. The van der Waals surface area contributed by atoms with E-state index in [1.54, 1.807) is 6.07 Å². The third kappa shape index (κ3) is 4.57. The highest BCUT2D eigenvalue weighted by atomic mass is 19.4. The number of rotatable bonds is 6. The SMILES string of the molecule is CCCNc1ccc(C(=O)N(CC(F)(F)F)C2CC2)nn1. The van der Waals surface area contributed by atoms with Crippen LogP contribution in [0.2, 0.25) is 0 Å². The molecule has 1 N–H and O–H groups in total. The fourth-order valence-electron chi connectivity index (χ4n) is 1.89. The first-order chi connectivity index (χ1) is 9.90. The molecule has 1 heterocycles. The van der Waals surface area contributed by atoms with Gasteiger partial charge in [-0.3, -0.25) is 4.79 Å². The summed E-state index contributed by atoms with van der Waals surface area (Å²) in [5.41, 5.74) is -0.0619. The van der Waals surface area contributed by atoms with Crippen LogP contribution in [0.15, 0.2) is 12.1 Å². The highest BCUT2D eigenvalue weighted by Gasteiger charge is 2.41. The van der Waals surface area contributed by atoms with Crippen LogP contribution in [0.4, 0.5) is 19.0 Å². The maximum absolute atomic E-state index is 12.5. The number of alkyl halides is 3. The van der Waals surface area contributed by atoms with Crippen molar-refractivity contribution >= 4 is 11.7 Å².